The topological polar surface area (TPSA) is 164 Å². The second-order valence-electron chi connectivity index (χ2n) is 7.34. The van der Waals surface area contributed by atoms with E-state index in [1.807, 2.05) is 0 Å². The molecule has 2 aromatic carbocycles. The van der Waals surface area contributed by atoms with Crippen LogP contribution in [0.1, 0.15) is 18.0 Å². The summed E-state index contributed by atoms with van der Waals surface area (Å²) in [7, 11) is -4.03. The van der Waals surface area contributed by atoms with E-state index in [0.717, 1.165) is 6.07 Å². The summed E-state index contributed by atoms with van der Waals surface area (Å²) in [5, 5.41) is 7.84. The largest absolute Gasteiger partial charge is 0.328 e. The third-order valence-electron chi connectivity index (χ3n) is 5.17. The normalized spacial score (nSPS) is 15.6. The van der Waals surface area contributed by atoms with Crippen molar-refractivity contribution >= 4 is 33.2 Å². The molecule has 0 aliphatic carbocycles. The van der Waals surface area contributed by atoms with Gasteiger partial charge in [0, 0.05) is 25.2 Å². The first kappa shape index (κ1) is 22.2. The van der Waals surface area contributed by atoms with Gasteiger partial charge >= 0.3 is 5.69 Å². The van der Waals surface area contributed by atoms with Gasteiger partial charge in [-0.3, -0.25) is 24.3 Å². The third kappa shape index (κ3) is 4.47. The van der Waals surface area contributed by atoms with E-state index in [-0.39, 0.29) is 29.2 Å². The Morgan fingerprint density at radius 3 is 2.42 bits per heavy atom. The molecule has 1 aliphatic rings. The number of nitrogens with two attached hydrogens (primary N) is 1. The summed E-state index contributed by atoms with van der Waals surface area (Å²) in [4.78, 5) is 52.7. The van der Waals surface area contributed by atoms with Crippen LogP contribution in [-0.2, 0) is 26.2 Å². The van der Waals surface area contributed by atoms with Gasteiger partial charge in [-0.05, 0) is 23.8 Å². The zero-order valence-electron chi connectivity index (χ0n) is 17.1. The first-order chi connectivity index (χ1) is 15.6. The van der Waals surface area contributed by atoms with Gasteiger partial charge < -0.3 is 9.88 Å². The number of anilines is 2. The molecule has 2 amide bonds. The first-order valence-corrected chi connectivity index (χ1v) is 11.3. The van der Waals surface area contributed by atoms with E-state index in [9.17, 15) is 27.6 Å². The van der Waals surface area contributed by atoms with E-state index in [2.05, 4.69) is 10.3 Å². The second kappa shape index (κ2) is 8.48. The van der Waals surface area contributed by atoms with Crippen molar-refractivity contribution in [3.8, 4) is 0 Å². The predicted molar refractivity (Wildman–Crippen MR) is 119 cm³/mol. The summed E-state index contributed by atoms with van der Waals surface area (Å²) in [6.45, 7) is -0.0430. The molecule has 0 saturated carbocycles. The highest BCUT2D eigenvalue weighted by Gasteiger charge is 2.38. The molecule has 33 heavy (non-hydrogen) atoms. The van der Waals surface area contributed by atoms with Crippen molar-refractivity contribution < 1.29 is 18.0 Å². The number of hydrogen-bond donors (Lipinski definition) is 3. The number of sulfonamides is 1. The lowest BCUT2D eigenvalue weighted by molar-refractivity contribution is -0.124. The summed E-state index contributed by atoms with van der Waals surface area (Å²) >= 11 is 0. The van der Waals surface area contributed by atoms with E-state index in [1.54, 1.807) is 30.3 Å². The lowest BCUT2D eigenvalue weighted by Crippen LogP contribution is -2.45. The maximum Gasteiger partial charge on any atom is 0.328 e. The Morgan fingerprint density at radius 2 is 1.76 bits per heavy atom. The minimum atomic E-state index is -4.03. The third-order valence-corrected chi connectivity index (χ3v) is 6.08. The SMILES string of the molecule is NS(=O)(=O)c1ccc2c(c1)NC(=O)C(c1ccccc1)N2C(=O)CCn1ccc(=O)[nH]c1=O. The Bertz CT molecular complexity index is 1460. The lowest BCUT2D eigenvalue weighted by Gasteiger charge is -2.37. The van der Waals surface area contributed by atoms with Crippen molar-refractivity contribution in [2.24, 2.45) is 5.14 Å². The molecule has 4 N–H and O–H groups in total. The van der Waals surface area contributed by atoms with Crippen LogP contribution in [0.25, 0.3) is 0 Å². The summed E-state index contributed by atoms with van der Waals surface area (Å²) in [6.07, 6.45) is 1.11. The van der Waals surface area contributed by atoms with Gasteiger partial charge in [0.2, 0.25) is 15.9 Å². The van der Waals surface area contributed by atoms with E-state index >= 15 is 0 Å². The van der Waals surface area contributed by atoms with Crippen molar-refractivity contribution in [1.29, 1.82) is 0 Å². The fraction of sp³-hybridized carbons (Fsp3) is 0.143. The number of carbonyl (C=O) groups is 2. The number of aryl methyl sites for hydroxylation is 1. The highest BCUT2D eigenvalue weighted by molar-refractivity contribution is 7.89. The molecular formula is C21H19N5O6S. The molecule has 12 heteroatoms. The second-order valence-corrected chi connectivity index (χ2v) is 8.91. The number of aromatic nitrogens is 2. The molecular weight excluding hydrogens is 450 g/mol. The molecule has 0 saturated heterocycles. The number of H-pyrrole nitrogens is 1. The summed E-state index contributed by atoms with van der Waals surface area (Å²) < 4.78 is 24.7. The molecule has 170 valence electrons. The number of nitrogens with one attached hydrogen (secondary N) is 2. The average molecular weight is 469 g/mol. The van der Waals surface area contributed by atoms with Crippen molar-refractivity contribution in [3.05, 3.63) is 87.2 Å². The van der Waals surface area contributed by atoms with Crippen LogP contribution in [0.3, 0.4) is 0 Å². The molecule has 1 aromatic heterocycles. The zero-order valence-corrected chi connectivity index (χ0v) is 17.9. The van der Waals surface area contributed by atoms with Gasteiger partial charge in [-0.2, -0.15) is 0 Å². The maximum atomic E-state index is 13.3. The van der Waals surface area contributed by atoms with Gasteiger partial charge in [-0.1, -0.05) is 30.3 Å². The lowest BCUT2D eigenvalue weighted by atomic mass is 9.99. The number of fused-ring (bicyclic) bond motifs is 1. The number of benzene rings is 2. The predicted octanol–water partition coefficient (Wildman–Crippen LogP) is 0.301. The van der Waals surface area contributed by atoms with Crippen molar-refractivity contribution in [2.45, 2.75) is 23.9 Å². The smallest absolute Gasteiger partial charge is 0.322 e. The van der Waals surface area contributed by atoms with Gasteiger partial charge in [-0.25, -0.2) is 18.4 Å². The highest BCUT2D eigenvalue weighted by Crippen LogP contribution is 2.39. The van der Waals surface area contributed by atoms with Crippen LogP contribution in [0.15, 0.2) is 75.3 Å². The van der Waals surface area contributed by atoms with Crippen molar-refractivity contribution in [1.82, 2.24) is 9.55 Å². The molecule has 2 heterocycles. The Labute approximate surface area is 187 Å². The molecule has 1 aliphatic heterocycles. The molecule has 0 spiro atoms. The fourth-order valence-corrected chi connectivity index (χ4v) is 4.17. The standard InChI is InChI=1S/C21H19N5O6S/c22-33(31,32)14-6-7-16-15(12-14)23-20(29)19(13-4-2-1-3-5-13)26(16)18(28)9-11-25-10-8-17(27)24-21(25)30/h1-8,10,12,19H,9,11H2,(H,23,29)(H2,22,31,32)(H,24,27,30). The Hall–Kier alpha value is -4.03. The molecule has 11 nitrogen and oxygen atoms in total. The molecule has 1 atom stereocenters. The molecule has 0 fully saturated rings. The van der Waals surface area contributed by atoms with Gasteiger partial charge in [0.25, 0.3) is 11.5 Å². The Kier molecular flexibility index (Phi) is 5.70. The Morgan fingerprint density at radius 1 is 1.03 bits per heavy atom. The molecule has 0 bridgehead atoms. The number of hydrogen-bond acceptors (Lipinski definition) is 6. The van der Waals surface area contributed by atoms with Gasteiger partial charge in [-0.15, -0.1) is 0 Å². The minimum absolute atomic E-state index is 0.0430. The monoisotopic (exact) mass is 469 g/mol. The summed E-state index contributed by atoms with van der Waals surface area (Å²) in [5.74, 6) is -1.02. The zero-order chi connectivity index (χ0) is 23.8. The van der Waals surface area contributed by atoms with Crippen LogP contribution in [0, 0.1) is 0 Å². The molecule has 1 unspecified atom stereocenters. The molecule has 0 radical (unpaired) electrons. The Balaban J connectivity index is 1.75. The highest BCUT2D eigenvalue weighted by atomic mass is 32.2. The van der Waals surface area contributed by atoms with Crippen LogP contribution in [0.4, 0.5) is 11.4 Å². The van der Waals surface area contributed by atoms with Crippen LogP contribution >= 0.6 is 0 Å². The van der Waals surface area contributed by atoms with Gasteiger partial charge in [0.15, 0.2) is 0 Å². The van der Waals surface area contributed by atoms with Crippen molar-refractivity contribution in [2.75, 3.05) is 10.2 Å². The van der Waals surface area contributed by atoms with E-state index in [4.69, 9.17) is 5.14 Å². The molecule has 4 rings (SSSR count). The summed E-state index contributed by atoms with van der Waals surface area (Å²) in [5.41, 5.74) is -0.267. The van der Waals surface area contributed by atoms with Crippen LogP contribution in [0.2, 0.25) is 0 Å². The number of primary sulfonamides is 1. The minimum Gasteiger partial charge on any atom is -0.322 e. The maximum absolute atomic E-state index is 13.3. The number of aromatic amines is 1. The van der Waals surface area contributed by atoms with E-state index < -0.39 is 39.1 Å². The van der Waals surface area contributed by atoms with E-state index in [0.29, 0.717) is 5.56 Å². The van der Waals surface area contributed by atoms with Crippen LogP contribution < -0.4 is 26.6 Å². The van der Waals surface area contributed by atoms with Gasteiger partial charge in [0.05, 0.1) is 16.3 Å². The number of rotatable bonds is 5. The van der Waals surface area contributed by atoms with Crippen molar-refractivity contribution in [3.63, 3.8) is 0 Å². The van der Waals surface area contributed by atoms with Gasteiger partial charge in [0.1, 0.15) is 6.04 Å². The summed E-state index contributed by atoms with van der Waals surface area (Å²) in [6, 6.07) is 12.6. The average Bonchev–Trinajstić information content (AvgIpc) is 2.77. The quantitative estimate of drug-likeness (QED) is 0.486. The number of carbonyl (C=O) groups excluding carboxylic acids is 2. The van der Waals surface area contributed by atoms with Crippen LogP contribution in [0.5, 0.6) is 0 Å². The first-order valence-electron chi connectivity index (χ1n) is 9.79. The van der Waals surface area contributed by atoms with E-state index in [1.165, 1.54) is 33.9 Å². The fourth-order valence-electron chi connectivity index (χ4n) is 3.63. The number of amides is 2. The molecule has 3 aromatic rings. The van der Waals surface area contributed by atoms with Crippen LogP contribution in [-0.4, -0.2) is 29.8 Å². The number of nitrogens with zero attached hydrogens (tertiary/aromatic N) is 2.